The molecule has 0 unspecified atom stereocenters. The third-order valence-electron chi connectivity index (χ3n) is 18.1. The van der Waals surface area contributed by atoms with E-state index < -0.39 is 0 Å². The van der Waals surface area contributed by atoms with Crippen molar-refractivity contribution in [2.45, 2.75) is 200 Å². The summed E-state index contributed by atoms with van der Waals surface area (Å²) in [5.74, 6) is 0. The van der Waals surface area contributed by atoms with E-state index in [4.69, 9.17) is 0 Å². The molecular formula is C67H82. The Morgan fingerprint density at radius 3 is 0.701 bits per heavy atom. The highest BCUT2D eigenvalue weighted by Gasteiger charge is 2.46. The Kier molecular flexibility index (Phi) is 12.7. The molecule has 0 aromatic heterocycles. The van der Waals surface area contributed by atoms with Crippen LogP contribution < -0.4 is 0 Å². The molecule has 0 saturated heterocycles. The standard InChI is InChI=1S/C67H82/c1-13-33-65(34-14-2)57-39-45(47-23-29-53-55-31-25-49(63(9,10)19-7)43-61(55)66(35-15-3,36-16-4)59(53)41-47)21-27-51(57)52-28-22-46(40-58(52)65)48-24-30-54-56-32-26-50(64(11,12)20-8)44-62(56)67(37-17-5,38-18-6)60(54)42-48/h21-32,39-44H,13-20,33-38H2,1-12H3. The number of benzene rings is 6. The van der Waals surface area contributed by atoms with Crippen LogP contribution in [0.3, 0.4) is 0 Å². The Labute approximate surface area is 407 Å². The van der Waals surface area contributed by atoms with Gasteiger partial charge in [0.25, 0.3) is 0 Å². The van der Waals surface area contributed by atoms with Gasteiger partial charge in [-0.3, -0.25) is 0 Å². The maximum atomic E-state index is 2.64. The smallest absolute Gasteiger partial charge is 0.0215 e. The second kappa shape index (κ2) is 18.0. The Balaban J connectivity index is 1.14. The molecule has 0 bridgehead atoms. The molecule has 0 amide bonds. The highest BCUT2D eigenvalue weighted by molar-refractivity contribution is 5.90. The van der Waals surface area contributed by atoms with Crippen LogP contribution in [0.2, 0.25) is 0 Å². The zero-order chi connectivity index (χ0) is 47.5. The second-order valence-electron chi connectivity index (χ2n) is 22.8. The summed E-state index contributed by atoms with van der Waals surface area (Å²) < 4.78 is 0. The first-order valence-electron chi connectivity index (χ1n) is 27.2. The summed E-state index contributed by atoms with van der Waals surface area (Å²) in [5, 5.41) is 0. The van der Waals surface area contributed by atoms with E-state index in [-0.39, 0.29) is 27.1 Å². The van der Waals surface area contributed by atoms with Gasteiger partial charge < -0.3 is 0 Å². The summed E-state index contributed by atoms with van der Waals surface area (Å²) in [4.78, 5) is 0. The lowest BCUT2D eigenvalue weighted by molar-refractivity contribution is 0.433. The number of hydrogen-bond donors (Lipinski definition) is 0. The van der Waals surface area contributed by atoms with E-state index >= 15 is 0 Å². The predicted octanol–water partition coefficient (Wildman–Crippen LogP) is 20.0. The molecule has 0 heterocycles. The van der Waals surface area contributed by atoms with E-state index in [2.05, 4.69) is 192 Å². The first kappa shape index (κ1) is 47.4. The van der Waals surface area contributed by atoms with Gasteiger partial charge in [0.1, 0.15) is 0 Å². The second-order valence-corrected chi connectivity index (χ2v) is 22.8. The van der Waals surface area contributed by atoms with Gasteiger partial charge in [0.05, 0.1) is 0 Å². The molecule has 3 aliphatic rings. The highest BCUT2D eigenvalue weighted by atomic mass is 14.5. The number of hydrogen-bond acceptors (Lipinski definition) is 0. The molecule has 0 heteroatoms. The molecule has 0 spiro atoms. The SMILES string of the molecule is CCCC1(CCC)c2cc(-c3ccc4c(c3)C(CCC)(CCC)c3cc(C(C)(C)CC)ccc3-4)ccc2-c2ccc(-c3ccc4c(c3)C(CCC)(CCC)c3cc(C(C)(C)CC)ccc3-4)cc21. The van der Waals surface area contributed by atoms with Crippen molar-refractivity contribution < 1.29 is 0 Å². The van der Waals surface area contributed by atoms with Crippen molar-refractivity contribution in [3.05, 3.63) is 154 Å². The van der Waals surface area contributed by atoms with E-state index in [0.29, 0.717) is 0 Å². The summed E-state index contributed by atoms with van der Waals surface area (Å²) in [6.07, 6.45) is 16.4. The molecule has 0 N–H and O–H groups in total. The topological polar surface area (TPSA) is 0 Å². The van der Waals surface area contributed by atoms with Gasteiger partial charge in [-0.05, 0) is 187 Å². The van der Waals surface area contributed by atoms with Crippen LogP contribution in [0.5, 0.6) is 0 Å². The van der Waals surface area contributed by atoms with Gasteiger partial charge in [0.2, 0.25) is 0 Å². The van der Waals surface area contributed by atoms with Crippen LogP contribution in [-0.2, 0) is 27.1 Å². The zero-order valence-corrected chi connectivity index (χ0v) is 43.8. The van der Waals surface area contributed by atoms with Gasteiger partial charge in [0, 0.05) is 16.2 Å². The normalized spacial score (nSPS) is 15.8. The molecule has 350 valence electrons. The minimum absolute atomic E-state index is 0.0204. The van der Waals surface area contributed by atoms with Crippen molar-refractivity contribution in [2.24, 2.45) is 0 Å². The van der Waals surface area contributed by atoms with Gasteiger partial charge >= 0.3 is 0 Å². The lowest BCUT2D eigenvalue weighted by Crippen LogP contribution is -2.26. The molecule has 0 nitrogen and oxygen atoms in total. The van der Waals surface area contributed by atoms with Crippen LogP contribution in [0.15, 0.2) is 109 Å². The Morgan fingerprint density at radius 1 is 0.284 bits per heavy atom. The fourth-order valence-electron chi connectivity index (χ4n) is 14.0. The third-order valence-corrected chi connectivity index (χ3v) is 18.1. The summed E-state index contributed by atoms with van der Waals surface area (Å²) in [6.45, 7) is 28.7. The summed E-state index contributed by atoms with van der Waals surface area (Å²) in [6, 6.07) is 45.3. The van der Waals surface area contributed by atoms with Gasteiger partial charge in [-0.2, -0.15) is 0 Å². The van der Waals surface area contributed by atoms with E-state index in [9.17, 15) is 0 Å². The predicted molar refractivity (Wildman–Crippen MR) is 292 cm³/mol. The molecule has 0 aliphatic heterocycles. The molecule has 3 aliphatic carbocycles. The van der Waals surface area contributed by atoms with E-state index in [0.717, 1.165) is 38.5 Å². The Morgan fingerprint density at radius 2 is 0.493 bits per heavy atom. The van der Waals surface area contributed by atoms with Crippen LogP contribution in [0.4, 0.5) is 0 Å². The average molecular weight is 887 g/mol. The lowest BCUT2D eigenvalue weighted by Gasteiger charge is -2.34. The van der Waals surface area contributed by atoms with E-state index in [1.807, 2.05) is 0 Å². The highest BCUT2D eigenvalue weighted by Crippen LogP contribution is 2.59. The van der Waals surface area contributed by atoms with Crippen LogP contribution >= 0.6 is 0 Å². The fraction of sp³-hybridized carbons (Fsp3) is 0.463. The minimum atomic E-state index is -0.0204. The Bertz CT molecular complexity index is 2600. The third kappa shape index (κ3) is 7.35. The maximum absolute atomic E-state index is 2.64. The van der Waals surface area contributed by atoms with Crippen molar-refractivity contribution >= 4 is 0 Å². The molecule has 9 rings (SSSR count). The minimum Gasteiger partial charge on any atom is -0.0653 e. The van der Waals surface area contributed by atoms with Crippen molar-refractivity contribution in [2.75, 3.05) is 0 Å². The molecule has 0 fully saturated rings. The maximum Gasteiger partial charge on any atom is 0.0215 e. The van der Waals surface area contributed by atoms with Crippen LogP contribution in [0.25, 0.3) is 55.6 Å². The van der Waals surface area contributed by atoms with Gasteiger partial charge in [-0.15, -0.1) is 0 Å². The number of fused-ring (bicyclic) bond motifs is 9. The van der Waals surface area contributed by atoms with Crippen LogP contribution in [-0.4, -0.2) is 0 Å². The average Bonchev–Trinajstić information content (AvgIpc) is 3.87. The summed E-state index contributed by atoms with van der Waals surface area (Å²) in [7, 11) is 0. The van der Waals surface area contributed by atoms with Crippen molar-refractivity contribution in [3.63, 3.8) is 0 Å². The van der Waals surface area contributed by atoms with Gasteiger partial charge in [-0.25, -0.2) is 0 Å². The van der Waals surface area contributed by atoms with E-state index in [1.54, 1.807) is 33.4 Å². The molecule has 0 saturated carbocycles. The van der Waals surface area contributed by atoms with Crippen molar-refractivity contribution in [1.82, 2.24) is 0 Å². The van der Waals surface area contributed by atoms with Crippen LogP contribution in [0, 0.1) is 0 Å². The molecule has 6 aromatic rings. The lowest BCUT2D eigenvalue weighted by atomic mass is 9.69. The first-order valence-corrected chi connectivity index (χ1v) is 27.2. The van der Waals surface area contributed by atoms with Crippen LogP contribution in [0.1, 0.15) is 217 Å². The monoisotopic (exact) mass is 887 g/mol. The molecule has 0 radical (unpaired) electrons. The van der Waals surface area contributed by atoms with Gasteiger partial charge in [-0.1, -0.05) is 207 Å². The molecule has 6 aromatic carbocycles. The van der Waals surface area contributed by atoms with E-state index in [1.165, 1.54) is 118 Å². The molecule has 67 heavy (non-hydrogen) atoms. The molecule has 0 atom stereocenters. The number of rotatable bonds is 18. The van der Waals surface area contributed by atoms with Crippen molar-refractivity contribution in [3.8, 4) is 55.6 Å². The molecular weight excluding hydrogens is 805 g/mol. The zero-order valence-electron chi connectivity index (χ0n) is 43.8. The largest absolute Gasteiger partial charge is 0.0653 e. The quantitative estimate of drug-likeness (QED) is 0.0807. The summed E-state index contributed by atoms with van der Waals surface area (Å²) >= 11 is 0. The van der Waals surface area contributed by atoms with Crippen molar-refractivity contribution in [1.29, 1.82) is 0 Å². The Hall–Kier alpha value is -4.68. The van der Waals surface area contributed by atoms with Gasteiger partial charge in [0.15, 0.2) is 0 Å². The first-order chi connectivity index (χ1) is 32.3. The summed E-state index contributed by atoms with van der Waals surface area (Å²) in [5.41, 5.74) is 26.9. The fourth-order valence-corrected chi connectivity index (χ4v) is 14.0.